The Kier molecular flexibility index (Phi) is 5.97. The van der Waals surface area contributed by atoms with Crippen LogP contribution in [-0.2, 0) is 9.59 Å². The summed E-state index contributed by atoms with van der Waals surface area (Å²) in [5, 5.41) is 2.94. The van der Waals surface area contributed by atoms with Crippen LogP contribution in [0.3, 0.4) is 0 Å². The number of anilines is 2. The number of carbonyl (C=O) groups excluding carboxylic acids is 2. The molecule has 0 saturated carbocycles. The Labute approximate surface area is 149 Å². The first-order valence-electron chi connectivity index (χ1n) is 8.51. The number of amides is 2. The largest absolute Gasteiger partial charge is 0.326 e. The zero-order chi connectivity index (χ0) is 18.6. The lowest BCUT2D eigenvalue weighted by Crippen LogP contribution is -2.32. The van der Waals surface area contributed by atoms with Crippen molar-refractivity contribution in [3.05, 3.63) is 58.7 Å². The van der Waals surface area contributed by atoms with E-state index in [0.717, 1.165) is 33.6 Å². The molecule has 0 spiro atoms. The molecule has 0 aliphatic carbocycles. The molecular formula is C21H26N2O2. The van der Waals surface area contributed by atoms with Crippen LogP contribution in [0.2, 0.25) is 0 Å². The highest BCUT2D eigenvalue weighted by Gasteiger charge is 2.16. The topological polar surface area (TPSA) is 49.4 Å². The van der Waals surface area contributed by atoms with Gasteiger partial charge in [-0.15, -0.1) is 0 Å². The predicted molar refractivity (Wildman–Crippen MR) is 103 cm³/mol. The molecule has 0 radical (unpaired) electrons. The predicted octanol–water partition coefficient (Wildman–Crippen LogP) is 4.30. The van der Waals surface area contributed by atoms with Gasteiger partial charge in [0, 0.05) is 31.3 Å². The van der Waals surface area contributed by atoms with E-state index in [1.807, 2.05) is 64.1 Å². The molecule has 0 saturated heterocycles. The average molecular weight is 338 g/mol. The van der Waals surface area contributed by atoms with E-state index >= 15 is 0 Å². The lowest BCUT2D eigenvalue weighted by Gasteiger charge is -2.23. The molecule has 0 unspecified atom stereocenters. The van der Waals surface area contributed by atoms with Crippen molar-refractivity contribution in [3.63, 3.8) is 0 Å². The summed E-state index contributed by atoms with van der Waals surface area (Å²) >= 11 is 0. The van der Waals surface area contributed by atoms with Crippen LogP contribution in [-0.4, -0.2) is 18.4 Å². The summed E-state index contributed by atoms with van der Waals surface area (Å²) in [6.45, 7) is 9.89. The van der Waals surface area contributed by atoms with Crippen molar-refractivity contribution in [3.8, 4) is 0 Å². The Balaban J connectivity index is 2.07. The van der Waals surface area contributed by atoms with Gasteiger partial charge in [0.1, 0.15) is 0 Å². The van der Waals surface area contributed by atoms with Crippen molar-refractivity contribution in [2.75, 3.05) is 16.8 Å². The summed E-state index contributed by atoms with van der Waals surface area (Å²) in [7, 11) is 0. The third kappa shape index (κ3) is 4.69. The van der Waals surface area contributed by atoms with E-state index in [1.165, 1.54) is 6.92 Å². The molecule has 0 atom stereocenters. The molecule has 4 heteroatoms. The molecule has 0 aromatic heterocycles. The van der Waals surface area contributed by atoms with Crippen LogP contribution < -0.4 is 10.2 Å². The fourth-order valence-corrected chi connectivity index (χ4v) is 2.87. The van der Waals surface area contributed by atoms with E-state index in [0.29, 0.717) is 6.54 Å². The van der Waals surface area contributed by atoms with E-state index in [1.54, 1.807) is 4.90 Å². The van der Waals surface area contributed by atoms with Crippen molar-refractivity contribution in [1.82, 2.24) is 0 Å². The summed E-state index contributed by atoms with van der Waals surface area (Å²) in [5.74, 6) is -0.156. The zero-order valence-corrected chi connectivity index (χ0v) is 15.6. The molecule has 2 aromatic rings. The Morgan fingerprint density at radius 3 is 2.36 bits per heavy atom. The first-order chi connectivity index (χ1) is 11.8. The van der Waals surface area contributed by atoms with Gasteiger partial charge in [0.2, 0.25) is 11.8 Å². The molecule has 4 nitrogen and oxygen atoms in total. The molecule has 2 rings (SSSR count). The van der Waals surface area contributed by atoms with E-state index < -0.39 is 0 Å². The number of benzene rings is 2. The van der Waals surface area contributed by atoms with Gasteiger partial charge in [-0.25, -0.2) is 0 Å². The number of hydrogen-bond acceptors (Lipinski definition) is 2. The highest BCUT2D eigenvalue weighted by molar-refractivity contribution is 5.95. The van der Waals surface area contributed by atoms with Crippen LogP contribution in [0.25, 0.3) is 0 Å². The maximum Gasteiger partial charge on any atom is 0.226 e. The SMILES string of the molecule is CC(=O)N(CCC(=O)Nc1cccc(C)c1C)c1ccc(C)cc1C. The minimum absolute atomic E-state index is 0.0634. The van der Waals surface area contributed by atoms with Crippen LogP contribution in [0, 0.1) is 27.7 Å². The van der Waals surface area contributed by atoms with Crippen LogP contribution in [0.5, 0.6) is 0 Å². The Morgan fingerprint density at radius 2 is 1.72 bits per heavy atom. The van der Waals surface area contributed by atoms with Crippen molar-refractivity contribution in [2.24, 2.45) is 0 Å². The Bertz CT molecular complexity index is 796. The molecule has 0 aliphatic heterocycles. The second kappa shape index (κ2) is 7.97. The molecule has 2 aromatic carbocycles. The number of nitrogens with one attached hydrogen (secondary N) is 1. The Hall–Kier alpha value is -2.62. The minimum atomic E-state index is -0.0929. The molecule has 25 heavy (non-hydrogen) atoms. The monoisotopic (exact) mass is 338 g/mol. The first-order valence-corrected chi connectivity index (χ1v) is 8.51. The van der Waals surface area contributed by atoms with Gasteiger partial charge in [0.05, 0.1) is 0 Å². The maximum atomic E-state index is 12.3. The normalized spacial score (nSPS) is 10.4. The van der Waals surface area contributed by atoms with E-state index in [9.17, 15) is 9.59 Å². The molecule has 2 amide bonds. The standard InChI is InChI=1S/C21H26N2O2/c1-14-9-10-20(16(3)13-14)23(18(5)24)12-11-21(25)22-19-8-6-7-15(2)17(19)4/h6-10,13H,11-12H2,1-5H3,(H,22,25). The van der Waals surface area contributed by atoms with E-state index in [-0.39, 0.29) is 18.2 Å². The minimum Gasteiger partial charge on any atom is -0.326 e. The smallest absolute Gasteiger partial charge is 0.226 e. The fourth-order valence-electron chi connectivity index (χ4n) is 2.87. The highest BCUT2D eigenvalue weighted by atomic mass is 16.2. The summed E-state index contributed by atoms with van der Waals surface area (Å²) in [5.41, 5.74) is 6.07. The van der Waals surface area contributed by atoms with Gasteiger partial charge in [-0.05, 0) is 56.5 Å². The van der Waals surface area contributed by atoms with Crippen LogP contribution in [0.1, 0.15) is 35.6 Å². The van der Waals surface area contributed by atoms with Crippen molar-refractivity contribution >= 4 is 23.2 Å². The molecule has 0 heterocycles. The lowest BCUT2D eigenvalue weighted by molar-refractivity contribution is -0.117. The highest BCUT2D eigenvalue weighted by Crippen LogP contribution is 2.22. The van der Waals surface area contributed by atoms with Gasteiger partial charge in [0.15, 0.2) is 0 Å². The molecule has 0 fully saturated rings. The summed E-state index contributed by atoms with van der Waals surface area (Å²) in [6, 6.07) is 11.8. The number of nitrogens with zero attached hydrogens (tertiary/aromatic N) is 1. The molecule has 0 aliphatic rings. The number of hydrogen-bond donors (Lipinski definition) is 1. The van der Waals surface area contributed by atoms with E-state index in [2.05, 4.69) is 5.32 Å². The number of aryl methyl sites for hydroxylation is 3. The average Bonchev–Trinajstić information content (AvgIpc) is 2.53. The summed E-state index contributed by atoms with van der Waals surface area (Å²) in [6.07, 6.45) is 0.250. The molecule has 1 N–H and O–H groups in total. The zero-order valence-electron chi connectivity index (χ0n) is 15.6. The fraction of sp³-hybridized carbons (Fsp3) is 0.333. The Morgan fingerprint density at radius 1 is 1.00 bits per heavy atom. The molecular weight excluding hydrogens is 312 g/mol. The number of carbonyl (C=O) groups is 2. The summed E-state index contributed by atoms with van der Waals surface area (Å²) < 4.78 is 0. The summed E-state index contributed by atoms with van der Waals surface area (Å²) in [4.78, 5) is 26.0. The lowest BCUT2D eigenvalue weighted by atomic mass is 10.1. The first kappa shape index (κ1) is 18.7. The quantitative estimate of drug-likeness (QED) is 0.883. The second-order valence-electron chi connectivity index (χ2n) is 6.51. The number of rotatable bonds is 5. The molecule has 0 bridgehead atoms. The second-order valence-corrected chi connectivity index (χ2v) is 6.51. The third-order valence-corrected chi connectivity index (χ3v) is 4.46. The molecule has 132 valence electrons. The van der Waals surface area contributed by atoms with Crippen molar-refractivity contribution < 1.29 is 9.59 Å². The third-order valence-electron chi connectivity index (χ3n) is 4.46. The van der Waals surface area contributed by atoms with Crippen LogP contribution in [0.4, 0.5) is 11.4 Å². The van der Waals surface area contributed by atoms with E-state index in [4.69, 9.17) is 0 Å². The van der Waals surface area contributed by atoms with Gasteiger partial charge >= 0.3 is 0 Å². The van der Waals surface area contributed by atoms with Crippen LogP contribution in [0.15, 0.2) is 36.4 Å². The maximum absolute atomic E-state index is 12.3. The van der Waals surface area contributed by atoms with Gasteiger partial charge in [-0.1, -0.05) is 29.8 Å². The van der Waals surface area contributed by atoms with Gasteiger partial charge in [-0.3, -0.25) is 9.59 Å². The van der Waals surface area contributed by atoms with Gasteiger partial charge in [0.25, 0.3) is 0 Å². The van der Waals surface area contributed by atoms with Crippen molar-refractivity contribution in [1.29, 1.82) is 0 Å². The van der Waals surface area contributed by atoms with Gasteiger partial charge in [-0.2, -0.15) is 0 Å². The van der Waals surface area contributed by atoms with Crippen LogP contribution >= 0.6 is 0 Å². The van der Waals surface area contributed by atoms with Gasteiger partial charge < -0.3 is 10.2 Å². The van der Waals surface area contributed by atoms with Crippen molar-refractivity contribution in [2.45, 2.75) is 41.0 Å².